The van der Waals surface area contributed by atoms with E-state index in [0.717, 1.165) is 32.2 Å². The Kier molecular flexibility index (Phi) is 7.39. The molecule has 1 atom stereocenters. The van der Waals surface area contributed by atoms with Gasteiger partial charge in [-0.25, -0.2) is 0 Å². The molecule has 8 heteroatoms. The molecular formula is C22H27F3N2O3. The molecule has 1 heterocycles. The minimum absolute atomic E-state index is 0.0842. The number of fused-ring (bicyclic) bond motifs is 1. The zero-order chi connectivity index (χ0) is 21.6. The van der Waals surface area contributed by atoms with Crippen molar-refractivity contribution in [3.8, 4) is 5.75 Å². The molecule has 30 heavy (non-hydrogen) atoms. The van der Waals surface area contributed by atoms with Crippen molar-refractivity contribution in [3.05, 3.63) is 41.6 Å². The van der Waals surface area contributed by atoms with Gasteiger partial charge in [0.1, 0.15) is 5.75 Å². The lowest BCUT2D eigenvalue weighted by Gasteiger charge is -2.38. The standard InChI is InChI=1S/C22H27F3N2O3/c23-22(24,25)30-18-12-10-16(11-13-18)15-26-20(28)8-3-9-21(29)27-14-4-6-17-5-1-2-7-19(17)27/h7,10-13,17H,1-6,8-9,14-15H2,(H,26,28). The summed E-state index contributed by atoms with van der Waals surface area (Å²) in [6.07, 6.45) is 4.06. The van der Waals surface area contributed by atoms with Gasteiger partial charge >= 0.3 is 6.36 Å². The molecule has 164 valence electrons. The molecule has 1 N–H and O–H groups in total. The van der Waals surface area contributed by atoms with Gasteiger partial charge in [-0.3, -0.25) is 9.59 Å². The fourth-order valence-electron chi connectivity index (χ4n) is 4.08. The highest BCUT2D eigenvalue weighted by Crippen LogP contribution is 2.35. The lowest BCUT2D eigenvalue weighted by atomic mass is 9.85. The quantitative estimate of drug-likeness (QED) is 0.692. The fourth-order valence-corrected chi connectivity index (χ4v) is 4.08. The van der Waals surface area contributed by atoms with Crippen LogP contribution in [0.4, 0.5) is 13.2 Å². The van der Waals surface area contributed by atoms with Crippen molar-refractivity contribution < 1.29 is 27.5 Å². The highest BCUT2D eigenvalue weighted by atomic mass is 19.4. The summed E-state index contributed by atoms with van der Waals surface area (Å²) < 4.78 is 40.3. The molecule has 2 aliphatic rings. The van der Waals surface area contributed by atoms with Crippen LogP contribution in [0.2, 0.25) is 0 Å². The van der Waals surface area contributed by atoms with Crippen molar-refractivity contribution in [3.63, 3.8) is 0 Å². The number of benzene rings is 1. The third-order valence-corrected chi connectivity index (χ3v) is 5.52. The van der Waals surface area contributed by atoms with E-state index in [1.54, 1.807) is 0 Å². The van der Waals surface area contributed by atoms with Crippen LogP contribution < -0.4 is 10.1 Å². The van der Waals surface area contributed by atoms with Crippen LogP contribution in [0, 0.1) is 5.92 Å². The molecule has 1 fully saturated rings. The van der Waals surface area contributed by atoms with Crippen LogP contribution in [-0.2, 0) is 16.1 Å². The highest BCUT2D eigenvalue weighted by Gasteiger charge is 2.31. The van der Waals surface area contributed by atoms with E-state index in [-0.39, 0.29) is 30.5 Å². The van der Waals surface area contributed by atoms with Gasteiger partial charge in [0.15, 0.2) is 0 Å². The molecule has 1 aliphatic carbocycles. The van der Waals surface area contributed by atoms with Gasteiger partial charge in [-0.2, -0.15) is 0 Å². The number of carbonyl (C=O) groups is 2. The number of piperidine rings is 1. The Morgan fingerprint density at radius 1 is 1.10 bits per heavy atom. The zero-order valence-corrected chi connectivity index (χ0v) is 16.8. The van der Waals surface area contributed by atoms with Crippen LogP contribution in [0.3, 0.4) is 0 Å². The van der Waals surface area contributed by atoms with Crippen molar-refractivity contribution in [1.82, 2.24) is 10.2 Å². The maximum atomic E-state index is 12.6. The maximum absolute atomic E-state index is 12.6. The number of hydrogen-bond donors (Lipinski definition) is 1. The average Bonchev–Trinajstić information content (AvgIpc) is 2.71. The summed E-state index contributed by atoms with van der Waals surface area (Å²) in [6, 6.07) is 5.35. The summed E-state index contributed by atoms with van der Waals surface area (Å²) in [6.45, 7) is 0.973. The number of hydrogen-bond acceptors (Lipinski definition) is 3. The molecule has 1 aliphatic heterocycles. The second-order valence-corrected chi connectivity index (χ2v) is 7.77. The van der Waals surface area contributed by atoms with Crippen LogP contribution in [0.15, 0.2) is 36.0 Å². The van der Waals surface area contributed by atoms with Crippen LogP contribution in [-0.4, -0.2) is 29.6 Å². The fraction of sp³-hybridized carbons (Fsp3) is 0.545. The van der Waals surface area contributed by atoms with E-state index in [2.05, 4.69) is 16.1 Å². The van der Waals surface area contributed by atoms with Crippen molar-refractivity contribution >= 4 is 11.8 Å². The number of halogens is 3. The van der Waals surface area contributed by atoms with Crippen molar-refractivity contribution in [2.75, 3.05) is 6.54 Å². The Morgan fingerprint density at radius 3 is 2.57 bits per heavy atom. The summed E-state index contributed by atoms with van der Waals surface area (Å²) in [5.74, 6) is 0.101. The molecule has 0 spiro atoms. The SMILES string of the molecule is O=C(CCCC(=O)N1CCCC2CCCC=C21)NCc1ccc(OC(F)(F)F)cc1. The van der Waals surface area contributed by atoms with E-state index in [9.17, 15) is 22.8 Å². The first-order valence-corrected chi connectivity index (χ1v) is 10.4. The van der Waals surface area contributed by atoms with Gasteiger partial charge in [-0.05, 0) is 62.1 Å². The summed E-state index contributed by atoms with van der Waals surface area (Å²) in [5.41, 5.74) is 1.84. The van der Waals surface area contributed by atoms with Crippen LogP contribution in [0.5, 0.6) is 5.75 Å². The average molecular weight is 424 g/mol. The summed E-state index contributed by atoms with van der Waals surface area (Å²) in [5, 5.41) is 2.73. The Bertz CT molecular complexity index is 775. The molecule has 3 rings (SSSR count). The number of alkyl halides is 3. The first-order valence-electron chi connectivity index (χ1n) is 10.4. The third kappa shape index (κ3) is 6.50. The predicted octanol–water partition coefficient (Wildman–Crippen LogP) is 4.68. The second kappa shape index (κ2) is 10.00. The van der Waals surface area contributed by atoms with E-state index in [0.29, 0.717) is 24.3 Å². The second-order valence-electron chi connectivity index (χ2n) is 7.77. The van der Waals surface area contributed by atoms with Crippen molar-refractivity contribution in [1.29, 1.82) is 0 Å². The largest absolute Gasteiger partial charge is 0.573 e. The maximum Gasteiger partial charge on any atom is 0.573 e. The van der Waals surface area contributed by atoms with Gasteiger partial charge in [0.25, 0.3) is 0 Å². The monoisotopic (exact) mass is 424 g/mol. The molecule has 0 bridgehead atoms. The Labute approximate surface area is 174 Å². The van der Waals surface area contributed by atoms with Gasteiger partial charge in [0, 0.05) is 31.6 Å². The van der Waals surface area contributed by atoms with E-state index in [1.807, 2.05) is 4.90 Å². The highest BCUT2D eigenvalue weighted by molar-refractivity contribution is 5.80. The minimum atomic E-state index is -4.73. The number of carbonyl (C=O) groups excluding carboxylic acids is 2. The number of nitrogens with zero attached hydrogens (tertiary/aromatic N) is 1. The van der Waals surface area contributed by atoms with Gasteiger partial charge in [0.05, 0.1) is 0 Å². The normalized spacial score (nSPS) is 19.0. The molecule has 0 aromatic heterocycles. The van der Waals surface area contributed by atoms with Crippen molar-refractivity contribution in [2.45, 2.75) is 64.3 Å². The first-order chi connectivity index (χ1) is 14.3. The minimum Gasteiger partial charge on any atom is -0.406 e. The smallest absolute Gasteiger partial charge is 0.406 e. The summed E-state index contributed by atoms with van der Waals surface area (Å²) >= 11 is 0. The first kappa shape index (κ1) is 22.2. The summed E-state index contributed by atoms with van der Waals surface area (Å²) in [7, 11) is 0. The zero-order valence-electron chi connectivity index (χ0n) is 16.8. The van der Waals surface area contributed by atoms with Crippen LogP contribution in [0.25, 0.3) is 0 Å². The molecule has 5 nitrogen and oxygen atoms in total. The predicted molar refractivity (Wildman–Crippen MR) is 105 cm³/mol. The Balaban J connectivity index is 1.37. The van der Waals surface area contributed by atoms with Crippen LogP contribution >= 0.6 is 0 Å². The van der Waals surface area contributed by atoms with E-state index in [4.69, 9.17) is 0 Å². The number of amides is 2. The third-order valence-electron chi connectivity index (χ3n) is 5.52. The number of rotatable bonds is 7. The molecule has 1 aromatic rings. The van der Waals surface area contributed by atoms with Gasteiger partial charge in [-0.1, -0.05) is 18.2 Å². The summed E-state index contributed by atoms with van der Waals surface area (Å²) in [4.78, 5) is 26.6. The van der Waals surface area contributed by atoms with Crippen molar-refractivity contribution in [2.24, 2.45) is 5.92 Å². The molecule has 1 saturated heterocycles. The molecule has 1 aromatic carbocycles. The molecule has 0 radical (unpaired) electrons. The lowest BCUT2D eigenvalue weighted by molar-refractivity contribution is -0.274. The Morgan fingerprint density at radius 2 is 1.83 bits per heavy atom. The van der Waals surface area contributed by atoms with E-state index in [1.165, 1.54) is 36.4 Å². The number of likely N-dealkylation sites (tertiary alicyclic amines) is 1. The van der Waals surface area contributed by atoms with Crippen LogP contribution in [0.1, 0.15) is 56.9 Å². The molecular weight excluding hydrogens is 397 g/mol. The van der Waals surface area contributed by atoms with E-state index < -0.39 is 6.36 Å². The van der Waals surface area contributed by atoms with Gasteiger partial charge < -0.3 is 15.0 Å². The molecule has 0 saturated carbocycles. The molecule has 2 amide bonds. The number of nitrogens with one attached hydrogen (secondary N) is 1. The lowest BCUT2D eigenvalue weighted by Crippen LogP contribution is -2.39. The molecule has 1 unspecified atom stereocenters. The topological polar surface area (TPSA) is 58.6 Å². The van der Waals surface area contributed by atoms with Gasteiger partial charge in [-0.15, -0.1) is 13.2 Å². The number of ether oxygens (including phenoxy) is 1. The number of allylic oxidation sites excluding steroid dienone is 2. The van der Waals surface area contributed by atoms with E-state index >= 15 is 0 Å². The Hall–Kier alpha value is -2.51. The van der Waals surface area contributed by atoms with Gasteiger partial charge in [0.2, 0.25) is 11.8 Å².